The number of hydrogen-bond acceptors (Lipinski definition) is 2. The van der Waals surface area contributed by atoms with Gasteiger partial charge in [-0.05, 0) is 18.6 Å². The van der Waals surface area contributed by atoms with Gasteiger partial charge in [-0.1, -0.05) is 19.4 Å². The quantitative estimate of drug-likeness (QED) is 0.656. The second-order valence-electron chi connectivity index (χ2n) is 2.44. The number of aromatic nitrogens is 1. The minimum atomic E-state index is 0.633. The van der Waals surface area contributed by atoms with Crippen molar-refractivity contribution < 1.29 is 0 Å². The maximum Gasteiger partial charge on any atom is 0.0837 e. The average molecular weight is 148 g/mol. The fraction of sp³-hybridized carbons (Fsp3) is 0.333. The summed E-state index contributed by atoms with van der Waals surface area (Å²) in [5.41, 5.74) is 1.43. The van der Waals surface area contributed by atoms with Gasteiger partial charge in [-0.3, -0.25) is 4.98 Å². The van der Waals surface area contributed by atoms with E-state index in [2.05, 4.69) is 11.9 Å². The van der Waals surface area contributed by atoms with Crippen molar-refractivity contribution in [3.05, 3.63) is 30.1 Å². The van der Waals surface area contributed by atoms with Crippen LogP contribution in [0.25, 0.3) is 0 Å². The Morgan fingerprint density at radius 2 is 2.36 bits per heavy atom. The van der Waals surface area contributed by atoms with Crippen LogP contribution in [0.2, 0.25) is 0 Å². The largest absolute Gasteiger partial charge is 0.303 e. The van der Waals surface area contributed by atoms with Crippen molar-refractivity contribution in [2.45, 2.75) is 19.8 Å². The summed E-state index contributed by atoms with van der Waals surface area (Å²) in [6, 6.07) is 5.65. The number of nitrogens with zero attached hydrogens (tertiary/aromatic N) is 1. The first-order valence-corrected chi connectivity index (χ1v) is 3.83. The van der Waals surface area contributed by atoms with Gasteiger partial charge >= 0.3 is 0 Å². The van der Waals surface area contributed by atoms with Crippen molar-refractivity contribution in [3.63, 3.8) is 0 Å². The van der Waals surface area contributed by atoms with Crippen LogP contribution in [0.1, 0.15) is 25.5 Å². The Bertz CT molecular complexity index is 229. The number of nitrogens with one attached hydrogen (secondary N) is 1. The maximum atomic E-state index is 7.57. The Morgan fingerprint density at radius 1 is 1.55 bits per heavy atom. The van der Waals surface area contributed by atoms with E-state index in [-0.39, 0.29) is 0 Å². The van der Waals surface area contributed by atoms with Crippen molar-refractivity contribution in [1.82, 2.24) is 4.98 Å². The smallest absolute Gasteiger partial charge is 0.0837 e. The Hall–Kier alpha value is -1.18. The highest BCUT2D eigenvalue weighted by Gasteiger charge is 1.98. The highest BCUT2D eigenvalue weighted by atomic mass is 14.7. The molecule has 0 saturated carbocycles. The molecule has 0 radical (unpaired) electrons. The first-order chi connectivity index (χ1) is 5.34. The number of pyridine rings is 1. The first-order valence-electron chi connectivity index (χ1n) is 3.83. The van der Waals surface area contributed by atoms with Gasteiger partial charge in [-0.15, -0.1) is 0 Å². The van der Waals surface area contributed by atoms with Crippen molar-refractivity contribution in [2.24, 2.45) is 0 Å². The molecule has 58 valence electrons. The van der Waals surface area contributed by atoms with Gasteiger partial charge in [0, 0.05) is 6.20 Å². The van der Waals surface area contributed by atoms with Crippen LogP contribution in [0.4, 0.5) is 0 Å². The lowest BCUT2D eigenvalue weighted by Gasteiger charge is -1.98. The van der Waals surface area contributed by atoms with Crippen molar-refractivity contribution in [3.8, 4) is 0 Å². The second kappa shape index (κ2) is 3.86. The predicted molar refractivity (Wildman–Crippen MR) is 46.0 cm³/mol. The zero-order valence-electron chi connectivity index (χ0n) is 6.67. The van der Waals surface area contributed by atoms with E-state index in [1.165, 1.54) is 0 Å². The van der Waals surface area contributed by atoms with Crippen LogP contribution in [0.15, 0.2) is 24.4 Å². The standard InChI is InChI=1S/C9H12N2/c1-2-5-8(10)9-6-3-4-7-11-9/h3-4,6-7,10H,2,5H2,1H3. The molecular formula is C9H12N2. The highest BCUT2D eigenvalue weighted by Crippen LogP contribution is 2.00. The third-order valence-corrected chi connectivity index (χ3v) is 1.47. The molecule has 1 aromatic rings. The summed E-state index contributed by atoms with van der Waals surface area (Å²) in [7, 11) is 0. The topological polar surface area (TPSA) is 36.7 Å². The van der Waals surface area contributed by atoms with Crippen LogP contribution >= 0.6 is 0 Å². The molecule has 1 aromatic heterocycles. The molecule has 1 N–H and O–H groups in total. The van der Waals surface area contributed by atoms with E-state index in [1.807, 2.05) is 18.2 Å². The molecular weight excluding hydrogens is 136 g/mol. The van der Waals surface area contributed by atoms with Crippen LogP contribution in [0.5, 0.6) is 0 Å². The normalized spacial score (nSPS) is 9.55. The molecule has 0 bridgehead atoms. The van der Waals surface area contributed by atoms with E-state index < -0.39 is 0 Å². The van der Waals surface area contributed by atoms with Gasteiger partial charge in [0.05, 0.1) is 11.4 Å². The Balaban J connectivity index is 2.69. The zero-order valence-corrected chi connectivity index (χ0v) is 6.67. The molecule has 0 aliphatic carbocycles. The van der Waals surface area contributed by atoms with Crippen LogP contribution in [0.3, 0.4) is 0 Å². The monoisotopic (exact) mass is 148 g/mol. The van der Waals surface area contributed by atoms with Crippen LogP contribution in [-0.4, -0.2) is 10.7 Å². The van der Waals surface area contributed by atoms with E-state index in [1.54, 1.807) is 6.20 Å². The summed E-state index contributed by atoms with van der Waals surface area (Å²) in [6.45, 7) is 2.07. The summed E-state index contributed by atoms with van der Waals surface area (Å²) in [4.78, 5) is 4.07. The lowest BCUT2D eigenvalue weighted by Crippen LogP contribution is -1.99. The molecule has 1 heterocycles. The minimum Gasteiger partial charge on any atom is -0.303 e. The summed E-state index contributed by atoms with van der Waals surface area (Å²) < 4.78 is 0. The fourth-order valence-corrected chi connectivity index (χ4v) is 0.919. The molecule has 0 aromatic carbocycles. The minimum absolute atomic E-state index is 0.633. The van der Waals surface area contributed by atoms with Gasteiger partial charge in [0.15, 0.2) is 0 Å². The summed E-state index contributed by atoms with van der Waals surface area (Å²) >= 11 is 0. The third kappa shape index (κ3) is 2.15. The van der Waals surface area contributed by atoms with Crippen LogP contribution in [0, 0.1) is 5.41 Å². The molecule has 0 spiro atoms. The lowest BCUT2D eigenvalue weighted by molar-refractivity contribution is 0.980. The van der Waals surface area contributed by atoms with Gasteiger partial charge in [0.1, 0.15) is 0 Å². The molecule has 0 unspecified atom stereocenters. The van der Waals surface area contributed by atoms with Gasteiger partial charge in [0.25, 0.3) is 0 Å². The molecule has 11 heavy (non-hydrogen) atoms. The van der Waals surface area contributed by atoms with E-state index in [0.29, 0.717) is 5.71 Å². The van der Waals surface area contributed by atoms with E-state index in [4.69, 9.17) is 5.41 Å². The van der Waals surface area contributed by atoms with Gasteiger partial charge in [-0.25, -0.2) is 0 Å². The Morgan fingerprint density at radius 3 is 2.91 bits per heavy atom. The summed E-state index contributed by atoms with van der Waals surface area (Å²) in [5, 5.41) is 7.57. The predicted octanol–water partition coefficient (Wildman–Crippen LogP) is 2.25. The first kappa shape index (κ1) is 7.92. The zero-order chi connectivity index (χ0) is 8.10. The molecule has 0 aliphatic heterocycles. The molecule has 0 saturated heterocycles. The summed E-state index contributed by atoms with van der Waals surface area (Å²) in [6.07, 6.45) is 3.55. The molecule has 2 nitrogen and oxygen atoms in total. The maximum absolute atomic E-state index is 7.57. The molecule has 1 rings (SSSR count). The highest BCUT2D eigenvalue weighted by molar-refractivity contribution is 5.96. The van der Waals surface area contributed by atoms with E-state index in [0.717, 1.165) is 18.5 Å². The third-order valence-electron chi connectivity index (χ3n) is 1.47. The SMILES string of the molecule is CCCC(=N)c1ccccn1. The Kier molecular flexibility index (Phi) is 2.78. The summed E-state index contributed by atoms with van der Waals surface area (Å²) in [5.74, 6) is 0. The molecule has 2 heteroatoms. The van der Waals surface area contributed by atoms with Gasteiger partial charge < -0.3 is 5.41 Å². The molecule has 0 atom stereocenters. The van der Waals surface area contributed by atoms with E-state index >= 15 is 0 Å². The van der Waals surface area contributed by atoms with Crippen molar-refractivity contribution in [2.75, 3.05) is 0 Å². The number of rotatable bonds is 3. The van der Waals surface area contributed by atoms with Crippen LogP contribution in [-0.2, 0) is 0 Å². The lowest BCUT2D eigenvalue weighted by atomic mass is 10.1. The molecule has 0 aliphatic rings. The Labute approximate surface area is 66.8 Å². The average Bonchev–Trinajstić information content (AvgIpc) is 2.07. The second-order valence-corrected chi connectivity index (χ2v) is 2.44. The fourth-order valence-electron chi connectivity index (χ4n) is 0.919. The van der Waals surface area contributed by atoms with Crippen molar-refractivity contribution in [1.29, 1.82) is 5.41 Å². The van der Waals surface area contributed by atoms with Crippen LogP contribution < -0.4 is 0 Å². The van der Waals surface area contributed by atoms with Gasteiger partial charge in [-0.2, -0.15) is 0 Å². The molecule has 0 fully saturated rings. The number of hydrogen-bond donors (Lipinski definition) is 1. The molecule has 0 amide bonds. The van der Waals surface area contributed by atoms with Crippen molar-refractivity contribution >= 4 is 5.71 Å². The van der Waals surface area contributed by atoms with E-state index in [9.17, 15) is 0 Å². The van der Waals surface area contributed by atoms with Gasteiger partial charge in [0.2, 0.25) is 0 Å².